The second kappa shape index (κ2) is 8.61. The van der Waals surface area contributed by atoms with Crippen LogP contribution < -0.4 is 10.1 Å². The van der Waals surface area contributed by atoms with Gasteiger partial charge in [0.05, 0.1) is 24.5 Å². The summed E-state index contributed by atoms with van der Waals surface area (Å²) in [5, 5.41) is 3.05. The van der Waals surface area contributed by atoms with Crippen molar-refractivity contribution in [2.24, 2.45) is 4.40 Å². The van der Waals surface area contributed by atoms with Gasteiger partial charge < -0.3 is 15.0 Å². The maximum absolute atomic E-state index is 12.8. The summed E-state index contributed by atoms with van der Waals surface area (Å²) in [7, 11) is -1.76. The molecule has 1 atom stereocenters. The van der Waals surface area contributed by atoms with Gasteiger partial charge in [-0.1, -0.05) is 12.1 Å². The van der Waals surface area contributed by atoms with Gasteiger partial charge in [-0.15, -0.1) is 4.40 Å². The number of ether oxygens (including phenoxy) is 1. The van der Waals surface area contributed by atoms with E-state index in [1.54, 1.807) is 30.4 Å². The number of fused-ring (bicyclic) bond motifs is 1. The summed E-state index contributed by atoms with van der Waals surface area (Å²) in [5.74, 6) is 0.924. The molecule has 0 bridgehead atoms. The molecule has 0 spiro atoms. The number of sulfonamides is 1. The SMILES string of the molecule is COc1ccc([C@@H](CNC(=O)C2=CN3CCS(=O)(=O)N=C3C=C2)N2CCCC2)cc1. The van der Waals surface area contributed by atoms with E-state index < -0.39 is 10.0 Å². The summed E-state index contributed by atoms with van der Waals surface area (Å²) < 4.78 is 32.3. The topological polar surface area (TPSA) is 91.3 Å². The molecule has 3 heterocycles. The fourth-order valence-electron chi connectivity index (χ4n) is 3.96. The quantitative estimate of drug-likeness (QED) is 0.735. The first-order valence-corrected chi connectivity index (χ1v) is 11.7. The Morgan fingerprint density at radius 3 is 2.60 bits per heavy atom. The van der Waals surface area contributed by atoms with Crippen molar-refractivity contribution in [3.63, 3.8) is 0 Å². The van der Waals surface area contributed by atoms with Gasteiger partial charge in [-0.25, -0.2) is 8.42 Å². The minimum atomic E-state index is -3.41. The van der Waals surface area contributed by atoms with Crippen LogP contribution in [0.3, 0.4) is 0 Å². The Balaban J connectivity index is 1.45. The van der Waals surface area contributed by atoms with E-state index in [4.69, 9.17) is 4.74 Å². The molecule has 3 aliphatic heterocycles. The second-order valence-corrected chi connectivity index (χ2v) is 9.34. The molecule has 3 aliphatic rings. The van der Waals surface area contributed by atoms with E-state index in [2.05, 4.69) is 14.6 Å². The standard InChI is InChI=1S/C21H26N4O4S/c1-29-18-7-4-16(5-8-18)19(24-10-2-3-11-24)14-22-21(26)17-6-9-20-23-30(27,28)13-12-25(20)15-17/h4-9,15,19H,2-3,10-14H2,1H3,(H,22,26)/t19-/m1/s1. The number of hydrogen-bond donors (Lipinski definition) is 1. The zero-order chi connectivity index (χ0) is 21.1. The Labute approximate surface area is 177 Å². The molecule has 1 saturated heterocycles. The van der Waals surface area contributed by atoms with Crippen molar-refractivity contribution in [2.45, 2.75) is 18.9 Å². The molecule has 0 aliphatic carbocycles. The van der Waals surface area contributed by atoms with Crippen LogP contribution in [-0.2, 0) is 14.8 Å². The minimum absolute atomic E-state index is 0.0513. The van der Waals surface area contributed by atoms with Crippen LogP contribution in [-0.4, -0.2) is 69.0 Å². The zero-order valence-electron chi connectivity index (χ0n) is 17.0. The number of carbonyl (C=O) groups excluding carboxylic acids is 1. The number of nitrogens with zero attached hydrogens (tertiary/aromatic N) is 3. The Kier molecular flexibility index (Phi) is 5.92. The average Bonchev–Trinajstić information content (AvgIpc) is 3.28. The molecule has 1 aromatic rings. The summed E-state index contributed by atoms with van der Waals surface area (Å²) >= 11 is 0. The summed E-state index contributed by atoms with van der Waals surface area (Å²) in [4.78, 5) is 16.9. The molecule has 1 aromatic carbocycles. The molecule has 0 unspecified atom stereocenters. The highest BCUT2D eigenvalue weighted by Crippen LogP contribution is 2.26. The third kappa shape index (κ3) is 4.57. The van der Waals surface area contributed by atoms with Crippen molar-refractivity contribution < 1.29 is 17.9 Å². The smallest absolute Gasteiger partial charge is 0.256 e. The van der Waals surface area contributed by atoms with Crippen molar-refractivity contribution in [3.05, 3.63) is 53.8 Å². The van der Waals surface area contributed by atoms with Crippen molar-refractivity contribution in [1.82, 2.24) is 15.1 Å². The Bertz CT molecular complexity index is 992. The van der Waals surface area contributed by atoms with E-state index in [1.165, 1.54) is 0 Å². The lowest BCUT2D eigenvalue weighted by atomic mass is 10.0. The molecule has 1 amide bonds. The van der Waals surface area contributed by atoms with Crippen molar-refractivity contribution in [1.29, 1.82) is 0 Å². The molecule has 4 rings (SSSR count). The highest BCUT2D eigenvalue weighted by Gasteiger charge is 2.27. The number of rotatable bonds is 6. The predicted octanol–water partition coefficient (Wildman–Crippen LogP) is 1.45. The molecule has 30 heavy (non-hydrogen) atoms. The molecule has 160 valence electrons. The van der Waals surface area contributed by atoms with E-state index >= 15 is 0 Å². The van der Waals surface area contributed by atoms with Crippen LogP contribution in [0.1, 0.15) is 24.4 Å². The predicted molar refractivity (Wildman–Crippen MR) is 115 cm³/mol. The van der Waals surface area contributed by atoms with Gasteiger partial charge in [0.15, 0.2) is 0 Å². The van der Waals surface area contributed by atoms with Crippen molar-refractivity contribution in [2.75, 3.05) is 39.0 Å². The lowest BCUT2D eigenvalue weighted by Crippen LogP contribution is -2.40. The highest BCUT2D eigenvalue weighted by molar-refractivity contribution is 7.90. The summed E-state index contributed by atoms with van der Waals surface area (Å²) in [6, 6.07) is 8.07. The Morgan fingerprint density at radius 1 is 1.17 bits per heavy atom. The average molecular weight is 431 g/mol. The van der Waals surface area contributed by atoms with E-state index in [0.717, 1.165) is 37.2 Å². The number of amidine groups is 1. The van der Waals surface area contributed by atoms with Gasteiger partial charge in [-0.2, -0.15) is 0 Å². The number of nitrogens with one attached hydrogen (secondary N) is 1. The van der Waals surface area contributed by atoms with E-state index in [-0.39, 0.29) is 17.7 Å². The zero-order valence-corrected chi connectivity index (χ0v) is 17.8. The van der Waals surface area contributed by atoms with Gasteiger partial charge in [0, 0.05) is 19.3 Å². The summed E-state index contributed by atoms with van der Waals surface area (Å²) in [5.41, 5.74) is 1.63. The fraction of sp³-hybridized carbons (Fsp3) is 0.429. The molecule has 9 heteroatoms. The number of likely N-dealkylation sites (tertiary alicyclic amines) is 1. The van der Waals surface area contributed by atoms with Crippen LogP contribution in [0, 0.1) is 0 Å². The van der Waals surface area contributed by atoms with Gasteiger partial charge in [-0.3, -0.25) is 9.69 Å². The van der Waals surface area contributed by atoms with E-state index in [1.807, 2.05) is 24.3 Å². The number of methoxy groups -OCH3 is 1. The lowest BCUT2D eigenvalue weighted by Gasteiger charge is -2.29. The van der Waals surface area contributed by atoms with E-state index in [0.29, 0.717) is 24.5 Å². The van der Waals surface area contributed by atoms with Gasteiger partial charge in [0.2, 0.25) is 0 Å². The highest BCUT2D eigenvalue weighted by atomic mass is 32.2. The normalized spacial score (nSPS) is 21.4. The first-order chi connectivity index (χ1) is 14.4. The van der Waals surface area contributed by atoms with Crippen LogP contribution >= 0.6 is 0 Å². The van der Waals surface area contributed by atoms with Crippen LogP contribution in [0.15, 0.2) is 52.6 Å². The van der Waals surface area contributed by atoms with Crippen LogP contribution in [0.25, 0.3) is 0 Å². The molecule has 0 radical (unpaired) electrons. The van der Waals surface area contributed by atoms with Gasteiger partial charge in [-0.05, 0) is 55.8 Å². The number of benzene rings is 1. The third-order valence-electron chi connectivity index (χ3n) is 5.62. The van der Waals surface area contributed by atoms with Gasteiger partial charge >= 0.3 is 0 Å². The van der Waals surface area contributed by atoms with Crippen LogP contribution in [0.5, 0.6) is 5.75 Å². The monoisotopic (exact) mass is 430 g/mol. The third-order valence-corrected chi connectivity index (χ3v) is 6.79. The number of carbonyl (C=O) groups is 1. The number of hydrogen-bond acceptors (Lipinski definition) is 6. The first-order valence-electron chi connectivity index (χ1n) is 10.1. The summed E-state index contributed by atoms with van der Waals surface area (Å²) in [6.07, 6.45) is 7.18. The number of amides is 1. The lowest BCUT2D eigenvalue weighted by molar-refractivity contribution is -0.117. The Morgan fingerprint density at radius 2 is 1.90 bits per heavy atom. The van der Waals surface area contributed by atoms with Crippen LogP contribution in [0.2, 0.25) is 0 Å². The first kappa shape index (κ1) is 20.6. The molecule has 1 fully saturated rings. The maximum atomic E-state index is 12.8. The second-order valence-electron chi connectivity index (χ2n) is 7.59. The molecule has 1 N–H and O–H groups in total. The fourth-order valence-corrected chi connectivity index (χ4v) is 4.93. The van der Waals surface area contributed by atoms with Crippen molar-refractivity contribution >= 4 is 21.8 Å². The summed E-state index contributed by atoms with van der Waals surface area (Å²) in [6.45, 7) is 2.81. The molecular weight excluding hydrogens is 404 g/mol. The largest absolute Gasteiger partial charge is 0.497 e. The molecule has 0 aromatic heterocycles. The van der Waals surface area contributed by atoms with Gasteiger partial charge in [0.25, 0.3) is 15.9 Å². The minimum Gasteiger partial charge on any atom is -0.497 e. The van der Waals surface area contributed by atoms with Gasteiger partial charge in [0.1, 0.15) is 11.6 Å². The van der Waals surface area contributed by atoms with E-state index in [9.17, 15) is 13.2 Å². The van der Waals surface area contributed by atoms with Crippen molar-refractivity contribution in [3.8, 4) is 5.75 Å². The molecule has 8 nitrogen and oxygen atoms in total. The Hall–Kier alpha value is -2.65. The molecule has 0 saturated carbocycles. The van der Waals surface area contributed by atoms with Crippen LogP contribution in [0.4, 0.5) is 0 Å². The maximum Gasteiger partial charge on any atom is 0.256 e. The molecular formula is C21H26N4O4S.